The Bertz CT molecular complexity index is 427. The minimum atomic E-state index is -0.119. The lowest BCUT2D eigenvalue weighted by molar-refractivity contribution is 0.0749. The normalized spacial score (nSPS) is 14.5. The number of methoxy groups -OCH3 is 1. The van der Waals surface area contributed by atoms with E-state index >= 15 is 0 Å². The maximum Gasteiger partial charge on any atom is 0.257 e. The van der Waals surface area contributed by atoms with Crippen LogP contribution in [0.5, 0.6) is 11.5 Å². The molecule has 1 aliphatic rings. The minimum absolute atomic E-state index is 0.00917. The van der Waals surface area contributed by atoms with Crippen molar-refractivity contribution in [1.82, 2.24) is 4.90 Å². The number of nitrogens with zero attached hydrogens (tertiary/aromatic N) is 1. The van der Waals surface area contributed by atoms with Gasteiger partial charge < -0.3 is 14.7 Å². The number of benzene rings is 1. The maximum absolute atomic E-state index is 12.3. The quantitative estimate of drug-likeness (QED) is 0.868. The van der Waals surface area contributed by atoms with Crippen molar-refractivity contribution in [2.24, 2.45) is 0 Å². The smallest absolute Gasteiger partial charge is 0.257 e. The first-order valence-electron chi connectivity index (χ1n) is 5.85. The third-order valence-electron chi connectivity index (χ3n) is 3.02. The lowest BCUT2D eigenvalue weighted by Gasteiger charge is -2.21. The highest BCUT2D eigenvalue weighted by Gasteiger charge is 2.32. The summed E-state index contributed by atoms with van der Waals surface area (Å²) < 4.78 is 5.07. The van der Waals surface area contributed by atoms with Gasteiger partial charge in [0.05, 0.1) is 12.7 Å². The molecule has 1 aromatic rings. The summed E-state index contributed by atoms with van der Waals surface area (Å²) in [7, 11) is 1.54. The predicted octanol–water partition coefficient (Wildman–Crippen LogP) is 2.03. The zero-order chi connectivity index (χ0) is 12.4. The molecule has 1 fully saturated rings. The monoisotopic (exact) mass is 235 g/mol. The summed E-state index contributed by atoms with van der Waals surface area (Å²) >= 11 is 0. The Hall–Kier alpha value is -1.71. The van der Waals surface area contributed by atoms with Gasteiger partial charge in [0, 0.05) is 12.6 Å². The second kappa shape index (κ2) is 4.65. The molecule has 0 atom stereocenters. The van der Waals surface area contributed by atoms with Crippen LogP contribution in [0.25, 0.3) is 0 Å². The first-order valence-corrected chi connectivity index (χ1v) is 5.85. The van der Waals surface area contributed by atoms with E-state index in [4.69, 9.17) is 4.74 Å². The van der Waals surface area contributed by atoms with Gasteiger partial charge in [0.15, 0.2) is 0 Å². The molecule has 17 heavy (non-hydrogen) atoms. The molecule has 0 spiro atoms. The molecular formula is C13H17NO3. The molecule has 0 aliphatic heterocycles. The lowest BCUT2D eigenvalue weighted by atomic mass is 10.1. The molecule has 0 unspecified atom stereocenters. The van der Waals surface area contributed by atoms with Gasteiger partial charge in [-0.1, -0.05) is 0 Å². The lowest BCUT2D eigenvalue weighted by Crippen LogP contribution is -2.32. The highest BCUT2D eigenvalue weighted by Crippen LogP contribution is 2.31. The summed E-state index contributed by atoms with van der Waals surface area (Å²) in [6.45, 7) is 2.62. The van der Waals surface area contributed by atoms with E-state index in [2.05, 4.69) is 0 Å². The van der Waals surface area contributed by atoms with Crippen LogP contribution in [-0.4, -0.2) is 35.6 Å². The van der Waals surface area contributed by atoms with Crippen molar-refractivity contribution in [2.45, 2.75) is 25.8 Å². The number of phenolic OH excluding ortho intramolecular Hbond substituents is 1. The van der Waals surface area contributed by atoms with Gasteiger partial charge in [-0.05, 0) is 38.0 Å². The van der Waals surface area contributed by atoms with Crippen LogP contribution in [0.1, 0.15) is 30.1 Å². The van der Waals surface area contributed by atoms with Crippen LogP contribution >= 0.6 is 0 Å². The Morgan fingerprint density at radius 1 is 1.53 bits per heavy atom. The van der Waals surface area contributed by atoms with Gasteiger partial charge in [-0.15, -0.1) is 0 Å². The number of hydrogen-bond acceptors (Lipinski definition) is 3. The van der Waals surface area contributed by atoms with E-state index in [1.807, 2.05) is 6.92 Å². The summed E-state index contributed by atoms with van der Waals surface area (Å²) in [5.74, 6) is 0.472. The van der Waals surface area contributed by atoms with Gasteiger partial charge in [0.1, 0.15) is 11.5 Å². The molecule has 2 rings (SSSR count). The topological polar surface area (TPSA) is 49.8 Å². The molecule has 0 radical (unpaired) electrons. The average Bonchev–Trinajstić information content (AvgIpc) is 3.15. The van der Waals surface area contributed by atoms with Gasteiger partial charge in [-0.25, -0.2) is 0 Å². The van der Waals surface area contributed by atoms with Crippen LogP contribution in [0.15, 0.2) is 18.2 Å². The Balaban J connectivity index is 2.28. The van der Waals surface area contributed by atoms with Crippen molar-refractivity contribution >= 4 is 5.91 Å². The molecular weight excluding hydrogens is 218 g/mol. The summed E-state index contributed by atoms with van der Waals surface area (Å²) in [5, 5.41) is 9.74. The summed E-state index contributed by atoms with van der Waals surface area (Å²) in [6.07, 6.45) is 2.12. The molecule has 0 bridgehead atoms. The highest BCUT2D eigenvalue weighted by atomic mass is 16.5. The molecule has 4 nitrogen and oxygen atoms in total. The Labute approximate surface area is 101 Å². The number of aromatic hydroxyl groups is 1. The summed E-state index contributed by atoms with van der Waals surface area (Å²) in [6, 6.07) is 5.06. The molecule has 1 aromatic carbocycles. The number of ether oxygens (including phenoxy) is 1. The molecule has 1 N–H and O–H groups in total. The van der Waals surface area contributed by atoms with Crippen molar-refractivity contribution in [2.75, 3.05) is 13.7 Å². The molecule has 0 saturated heterocycles. The first-order chi connectivity index (χ1) is 8.17. The fourth-order valence-electron chi connectivity index (χ4n) is 1.92. The summed E-state index contributed by atoms with van der Waals surface area (Å²) in [4.78, 5) is 14.1. The first kappa shape index (κ1) is 11.8. The Morgan fingerprint density at radius 2 is 2.24 bits per heavy atom. The predicted molar refractivity (Wildman–Crippen MR) is 64.4 cm³/mol. The van der Waals surface area contributed by atoms with Crippen molar-refractivity contribution in [3.8, 4) is 11.5 Å². The number of carbonyl (C=O) groups excluding carboxylic acids is 1. The minimum Gasteiger partial charge on any atom is -0.507 e. The van der Waals surface area contributed by atoms with E-state index in [1.54, 1.807) is 24.1 Å². The zero-order valence-electron chi connectivity index (χ0n) is 10.1. The van der Waals surface area contributed by atoms with Crippen molar-refractivity contribution < 1.29 is 14.6 Å². The van der Waals surface area contributed by atoms with Gasteiger partial charge >= 0.3 is 0 Å². The summed E-state index contributed by atoms with van der Waals surface area (Å²) in [5.41, 5.74) is 0.318. The number of phenols is 1. The fourth-order valence-corrected chi connectivity index (χ4v) is 1.92. The van der Waals surface area contributed by atoms with Crippen LogP contribution in [-0.2, 0) is 0 Å². The molecule has 92 valence electrons. The SMILES string of the molecule is CCN(C(=O)c1cc(OC)ccc1O)C1CC1. The van der Waals surface area contributed by atoms with Crippen molar-refractivity contribution in [3.63, 3.8) is 0 Å². The average molecular weight is 235 g/mol. The van der Waals surface area contributed by atoms with Crippen LogP contribution in [0.4, 0.5) is 0 Å². The second-order valence-corrected chi connectivity index (χ2v) is 4.21. The van der Waals surface area contributed by atoms with Crippen LogP contribution < -0.4 is 4.74 Å². The van der Waals surface area contributed by atoms with Crippen molar-refractivity contribution in [1.29, 1.82) is 0 Å². The van der Waals surface area contributed by atoms with E-state index in [1.165, 1.54) is 6.07 Å². The molecule has 1 saturated carbocycles. The maximum atomic E-state index is 12.3. The van der Waals surface area contributed by atoms with Gasteiger partial charge in [-0.2, -0.15) is 0 Å². The Kier molecular flexibility index (Phi) is 3.22. The van der Waals surface area contributed by atoms with E-state index in [0.29, 0.717) is 23.9 Å². The third kappa shape index (κ3) is 2.35. The van der Waals surface area contributed by atoms with E-state index in [-0.39, 0.29) is 11.7 Å². The number of carbonyl (C=O) groups is 1. The van der Waals surface area contributed by atoms with E-state index < -0.39 is 0 Å². The number of hydrogen-bond donors (Lipinski definition) is 1. The van der Waals surface area contributed by atoms with Gasteiger partial charge in [0.25, 0.3) is 5.91 Å². The number of amides is 1. The van der Waals surface area contributed by atoms with E-state index in [0.717, 1.165) is 12.8 Å². The molecule has 1 amide bonds. The molecule has 1 aliphatic carbocycles. The largest absolute Gasteiger partial charge is 0.507 e. The number of rotatable bonds is 4. The molecule has 0 aromatic heterocycles. The fraction of sp³-hybridized carbons (Fsp3) is 0.462. The Morgan fingerprint density at radius 3 is 2.76 bits per heavy atom. The zero-order valence-corrected chi connectivity index (χ0v) is 10.1. The standard InChI is InChI=1S/C13H17NO3/c1-3-14(9-4-5-9)13(16)11-8-10(17-2)6-7-12(11)15/h6-9,15H,3-5H2,1-2H3. The second-order valence-electron chi connectivity index (χ2n) is 4.21. The van der Waals surface area contributed by atoms with Crippen LogP contribution in [0.2, 0.25) is 0 Å². The van der Waals surface area contributed by atoms with E-state index in [9.17, 15) is 9.90 Å². The molecule has 4 heteroatoms. The van der Waals surface area contributed by atoms with Crippen molar-refractivity contribution in [3.05, 3.63) is 23.8 Å². The third-order valence-corrected chi connectivity index (χ3v) is 3.02. The van der Waals surface area contributed by atoms with Gasteiger partial charge in [-0.3, -0.25) is 4.79 Å². The van der Waals surface area contributed by atoms with Gasteiger partial charge in [0.2, 0.25) is 0 Å². The van der Waals surface area contributed by atoms with Crippen LogP contribution in [0.3, 0.4) is 0 Å². The molecule has 0 heterocycles. The highest BCUT2D eigenvalue weighted by molar-refractivity contribution is 5.97. The van der Waals surface area contributed by atoms with Crippen LogP contribution in [0, 0.1) is 0 Å².